The highest BCUT2D eigenvalue weighted by Gasteiger charge is 2.15. The summed E-state index contributed by atoms with van der Waals surface area (Å²) in [6.07, 6.45) is 0. The highest BCUT2D eigenvalue weighted by atomic mass is 79.9. The summed E-state index contributed by atoms with van der Waals surface area (Å²) >= 11 is 3.33. The van der Waals surface area contributed by atoms with E-state index in [4.69, 9.17) is 0 Å². The fourth-order valence-corrected chi connectivity index (χ4v) is 2.31. The first-order chi connectivity index (χ1) is 9.61. The lowest BCUT2D eigenvalue weighted by Crippen LogP contribution is -2.29. The molecule has 2 rings (SSSR count). The summed E-state index contributed by atoms with van der Waals surface area (Å²) in [5.74, 6) is -2.45. The number of hydrogen-bond acceptors (Lipinski definition) is 1. The average molecular weight is 340 g/mol. The largest absolute Gasteiger partial charge is 0.344 e. The van der Waals surface area contributed by atoms with Gasteiger partial charge in [0.1, 0.15) is 0 Å². The van der Waals surface area contributed by atoms with Gasteiger partial charge in [-0.25, -0.2) is 8.78 Å². The number of hydrogen-bond donors (Lipinski definition) is 1. The van der Waals surface area contributed by atoms with Crippen LogP contribution in [0, 0.1) is 11.6 Å². The molecule has 2 aromatic carbocycles. The number of alkyl halides is 1. The summed E-state index contributed by atoms with van der Waals surface area (Å²) in [7, 11) is 0. The highest BCUT2D eigenvalue weighted by molar-refractivity contribution is 9.09. The van der Waals surface area contributed by atoms with Crippen molar-refractivity contribution in [1.82, 2.24) is 5.32 Å². The molecule has 20 heavy (non-hydrogen) atoms. The molecular formula is C15H12BrF2NO. The van der Waals surface area contributed by atoms with Gasteiger partial charge < -0.3 is 5.32 Å². The van der Waals surface area contributed by atoms with Crippen LogP contribution in [0.1, 0.15) is 22.0 Å². The van der Waals surface area contributed by atoms with E-state index in [-0.39, 0.29) is 11.6 Å². The van der Waals surface area contributed by atoms with Gasteiger partial charge in [-0.1, -0.05) is 46.3 Å². The first-order valence-corrected chi connectivity index (χ1v) is 7.11. The molecular weight excluding hydrogens is 328 g/mol. The summed E-state index contributed by atoms with van der Waals surface area (Å²) in [6.45, 7) is 0. The predicted octanol–water partition coefficient (Wildman–Crippen LogP) is 3.83. The lowest BCUT2D eigenvalue weighted by molar-refractivity contribution is 0.0940. The van der Waals surface area contributed by atoms with Crippen molar-refractivity contribution >= 4 is 21.8 Å². The molecule has 0 fully saturated rings. The Hall–Kier alpha value is -1.75. The Balaban J connectivity index is 2.15. The Morgan fingerprint density at radius 1 is 1.10 bits per heavy atom. The van der Waals surface area contributed by atoms with Crippen LogP contribution in [0.3, 0.4) is 0 Å². The lowest BCUT2D eigenvalue weighted by atomic mass is 10.1. The van der Waals surface area contributed by atoms with Crippen LogP contribution in [0.2, 0.25) is 0 Å². The van der Waals surface area contributed by atoms with E-state index in [1.54, 1.807) is 0 Å². The molecule has 0 radical (unpaired) electrons. The van der Waals surface area contributed by atoms with E-state index in [1.165, 1.54) is 6.07 Å². The molecule has 0 spiro atoms. The maximum absolute atomic E-state index is 13.1. The summed E-state index contributed by atoms with van der Waals surface area (Å²) < 4.78 is 26.0. The standard InChI is InChI=1S/C15H12BrF2NO/c16-9-14(10-4-2-1-3-5-10)19-15(20)11-6-7-12(17)13(18)8-11/h1-8,14H,9H2,(H,19,20). The number of amides is 1. The fourth-order valence-electron chi connectivity index (χ4n) is 1.78. The topological polar surface area (TPSA) is 29.1 Å². The smallest absolute Gasteiger partial charge is 0.251 e. The van der Waals surface area contributed by atoms with Gasteiger partial charge in [0.25, 0.3) is 5.91 Å². The van der Waals surface area contributed by atoms with E-state index in [0.29, 0.717) is 5.33 Å². The van der Waals surface area contributed by atoms with Gasteiger partial charge in [-0.05, 0) is 23.8 Å². The van der Waals surface area contributed by atoms with Crippen LogP contribution in [0.4, 0.5) is 8.78 Å². The Morgan fingerprint density at radius 2 is 1.80 bits per heavy atom. The van der Waals surface area contributed by atoms with E-state index in [0.717, 1.165) is 17.7 Å². The number of carbonyl (C=O) groups excluding carboxylic acids is 1. The van der Waals surface area contributed by atoms with Crippen LogP contribution in [0.5, 0.6) is 0 Å². The number of nitrogens with one attached hydrogen (secondary N) is 1. The minimum absolute atomic E-state index is 0.0887. The predicted molar refractivity (Wildman–Crippen MR) is 76.8 cm³/mol. The van der Waals surface area contributed by atoms with Crippen molar-refractivity contribution in [1.29, 1.82) is 0 Å². The molecule has 0 saturated heterocycles. The molecule has 0 heterocycles. The van der Waals surface area contributed by atoms with E-state index in [9.17, 15) is 13.6 Å². The third-order valence-electron chi connectivity index (χ3n) is 2.84. The summed E-state index contributed by atoms with van der Waals surface area (Å²) in [5, 5.41) is 3.29. The van der Waals surface area contributed by atoms with Crippen molar-refractivity contribution < 1.29 is 13.6 Å². The van der Waals surface area contributed by atoms with E-state index in [1.807, 2.05) is 30.3 Å². The number of carbonyl (C=O) groups is 1. The number of benzene rings is 2. The molecule has 0 saturated carbocycles. The van der Waals surface area contributed by atoms with Crippen molar-refractivity contribution in [2.75, 3.05) is 5.33 Å². The number of halogens is 3. The second kappa shape index (κ2) is 6.61. The maximum atomic E-state index is 13.1. The van der Waals surface area contributed by atoms with Crippen LogP contribution >= 0.6 is 15.9 Å². The van der Waals surface area contributed by atoms with E-state index >= 15 is 0 Å². The highest BCUT2D eigenvalue weighted by Crippen LogP contribution is 2.16. The second-order valence-electron chi connectivity index (χ2n) is 4.22. The van der Waals surface area contributed by atoms with Gasteiger partial charge in [0.05, 0.1) is 6.04 Å². The minimum atomic E-state index is -1.03. The number of rotatable bonds is 4. The van der Waals surface area contributed by atoms with Crippen molar-refractivity contribution in [3.63, 3.8) is 0 Å². The molecule has 1 atom stereocenters. The van der Waals surface area contributed by atoms with E-state index < -0.39 is 17.5 Å². The summed E-state index contributed by atoms with van der Waals surface area (Å²) in [5.41, 5.74) is 1.02. The van der Waals surface area contributed by atoms with Gasteiger partial charge in [0.15, 0.2) is 11.6 Å². The molecule has 5 heteroatoms. The molecule has 1 amide bonds. The van der Waals surface area contributed by atoms with Crippen molar-refractivity contribution in [2.45, 2.75) is 6.04 Å². The molecule has 1 unspecified atom stereocenters. The molecule has 0 aliphatic rings. The molecule has 2 aromatic rings. The molecule has 0 aliphatic heterocycles. The van der Waals surface area contributed by atoms with Crippen molar-refractivity contribution in [3.8, 4) is 0 Å². The third-order valence-corrected chi connectivity index (χ3v) is 3.49. The Bertz CT molecular complexity index is 604. The zero-order valence-corrected chi connectivity index (χ0v) is 12.0. The molecule has 104 valence electrons. The van der Waals surface area contributed by atoms with Crippen LogP contribution in [0.15, 0.2) is 48.5 Å². The van der Waals surface area contributed by atoms with Gasteiger partial charge in [-0.3, -0.25) is 4.79 Å². The average Bonchev–Trinajstić information content (AvgIpc) is 2.48. The van der Waals surface area contributed by atoms with Gasteiger partial charge in [0, 0.05) is 10.9 Å². The summed E-state index contributed by atoms with van der Waals surface area (Å²) in [6, 6.07) is 12.2. The van der Waals surface area contributed by atoms with Gasteiger partial charge in [-0.2, -0.15) is 0 Å². The maximum Gasteiger partial charge on any atom is 0.251 e. The second-order valence-corrected chi connectivity index (χ2v) is 4.87. The monoisotopic (exact) mass is 339 g/mol. The molecule has 0 aliphatic carbocycles. The quantitative estimate of drug-likeness (QED) is 0.842. The first-order valence-electron chi connectivity index (χ1n) is 5.98. The Morgan fingerprint density at radius 3 is 2.40 bits per heavy atom. The fraction of sp³-hybridized carbons (Fsp3) is 0.133. The first kappa shape index (κ1) is 14.7. The van der Waals surface area contributed by atoms with Gasteiger partial charge in [-0.15, -0.1) is 0 Å². The normalized spacial score (nSPS) is 11.9. The molecule has 0 bridgehead atoms. The zero-order chi connectivity index (χ0) is 14.5. The Kier molecular flexibility index (Phi) is 4.84. The molecule has 2 nitrogen and oxygen atoms in total. The van der Waals surface area contributed by atoms with Crippen LogP contribution in [0.25, 0.3) is 0 Å². The summed E-state index contributed by atoms with van der Waals surface area (Å²) in [4.78, 5) is 12.0. The minimum Gasteiger partial charge on any atom is -0.344 e. The van der Waals surface area contributed by atoms with Crippen LogP contribution < -0.4 is 5.32 Å². The third kappa shape index (κ3) is 3.42. The zero-order valence-electron chi connectivity index (χ0n) is 10.4. The van der Waals surface area contributed by atoms with E-state index in [2.05, 4.69) is 21.2 Å². The van der Waals surface area contributed by atoms with Crippen LogP contribution in [-0.4, -0.2) is 11.2 Å². The van der Waals surface area contributed by atoms with Crippen LogP contribution in [-0.2, 0) is 0 Å². The lowest BCUT2D eigenvalue weighted by Gasteiger charge is -2.16. The Labute approximate surface area is 123 Å². The van der Waals surface area contributed by atoms with Gasteiger partial charge in [0.2, 0.25) is 0 Å². The molecule has 1 N–H and O–H groups in total. The van der Waals surface area contributed by atoms with Gasteiger partial charge >= 0.3 is 0 Å². The SMILES string of the molecule is O=C(NC(CBr)c1ccccc1)c1ccc(F)c(F)c1. The molecule has 0 aromatic heterocycles. The van der Waals surface area contributed by atoms with Crippen molar-refractivity contribution in [3.05, 3.63) is 71.3 Å². The van der Waals surface area contributed by atoms with Crippen molar-refractivity contribution in [2.24, 2.45) is 0 Å².